The number of aliphatic imine (C=N–C) groups is 1. The molecule has 0 saturated heterocycles. The molecule has 0 bridgehead atoms. The van der Waals surface area contributed by atoms with Gasteiger partial charge in [-0.3, -0.25) is 0 Å². The van der Waals surface area contributed by atoms with Crippen LogP contribution in [0.3, 0.4) is 0 Å². The highest BCUT2D eigenvalue weighted by Crippen LogP contribution is 2.39. The molecule has 0 atom stereocenters. The fourth-order valence-electron chi connectivity index (χ4n) is 5.46. The van der Waals surface area contributed by atoms with E-state index in [0.717, 1.165) is 28.8 Å². The molecule has 6 aromatic rings. The molecule has 6 aromatic carbocycles. The number of aryl methyl sites for hydroxylation is 1. The van der Waals surface area contributed by atoms with Gasteiger partial charge in [0.25, 0.3) is 0 Å². The molecular weight excluding hydrogens is 520 g/mol. The summed E-state index contributed by atoms with van der Waals surface area (Å²) in [4.78, 5) is 4.96. The van der Waals surface area contributed by atoms with Crippen LogP contribution in [-0.4, -0.2) is 5.84 Å². The standard InChI is InChI=1S/C41H34N2/c1-30-14-12-19-33(28-30)36-22-8-10-24-38(36)39-25-11-9-23-37(39)34-20-13-21-35(29-34)40(27-26-31-15-4-2-5-16-31)43-41(42)32-17-6-3-7-18-32/h2-25,27-29H,26H2,1H3,(H2,42,43)/b40-27-. The number of hydrogen-bond donors (Lipinski definition) is 1. The van der Waals surface area contributed by atoms with E-state index in [4.69, 9.17) is 10.7 Å². The molecule has 2 heteroatoms. The first-order valence-corrected chi connectivity index (χ1v) is 14.7. The lowest BCUT2D eigenvalue weighted by molar-refractivity contribution is 1.26. The monoisotopic (exact) mass is 554 g/mol. The Morgan fingerprint density at radius 2 is 1.05 bits per heavy atom. The van der Waals surface area contributed by atoms with Gasteiger partial charge in [-0.15, -0.1) is 0 Å². The van der Waals surface area contributed by atoms with Crippen LogP contribution < -0.4 is 5.73 Å². The molecule has 0 spiro atoms. The highest BCUT2D eigenvalue weighted by atomic mass is 14.9. The molecule has 43 heavy (non-hydrogen) atoms. The van der Waals surface area contributed by atoms with Crippen molar-refractivity contribution in [3.8, 4) is 33.4 Å². The van der Waals surface area contributed by atoms with Gasteiger partial charge >= 0.3 is 0 Å². The number of hydrogen-bond acceptors (Lipinski definition) is 1. The minimum atomic E-state index is 0.498. The average Bonchev–Trinajstić information content (AvgIpc) is 3.07. The Hall–Kier alpha value is -5.47. The van der Waals surface area contributed by atoms with E-state index in [1.807, 2.05) is 36.4 Å². The van der Waals surface area contributed by atoms with Gasteiger partial charge in [0.15, 0.2) is 0 Å². The lowest BCUT2D eigenvalue weighted by Gasteiger charge is -2.16. The second kappa shape index (κ2) is 13.0. The van der Waals surface area contributed by atoms with Crippen molar-refractivity contribution in [3.63, 3.8) is 0 Å². The Morgan fingerprint density at radius 1 is 0.535 bits per heavy atom. The van der Waals surface area contributed by atoms with E-state index < -0.39 is 0 Å². The Balaban J connectivity index is 1.44. The molecule has 0 aromatic heterocycles. The second-order valence-electron chi connectivity index (χ2n) is 10.7. The van der Waals surface area contributed by atoms with Crippen LogP contribution >= 0.6 is 0 Å². The largest absolute Gasteiger partial charge is 0.383 e. The van der Waals surface area contributed by atoms with Gasteiger partial charge in [0.1, 0.15) is 5.84 Å². The Labute approximate surface area is 254 Å². The normalized spacial score (nSPS) is 11.8. The molecule has 6 rings (SSSR count). The first-order valence-electron chi connectivity index (χ1n) is 14.7. The van der Waals surface area contributed by atoms with Crippen molar-refractivity contribution >= 4 is 11.5 Å². The first-order chi connectivity index (χ1) is 21.2. The molecule has 0 saturated carbocycles. The summed E-state index contributed by atoms with van der Waals surface area (Å²) < 4.78 is 0. The molecular formula is C41H34N2. The Morgan fingerprint density at radius 3 is 1.67 bits per heavy atom. The third-order valence-corrected chi connectivity index (χ3v) is 7.63. The summed E-state index contributed by atoms with van der Waals surface area (Å²) in [6.07, 6.45) is 2.93. The SMILES string of the molecule is Cc1cccc(-c2ccccc2-c2ccccc2-c2cccc(C(=C/Cc3ccccc3)/N=C(\N)c3ccccc3)c2)c1. The molecule has 0 aliphatic heterocycles. The van der Waals surface area contributed by atoms with E-state index in [2.05, 4.69) is 134 Å². The van der Waals surface area contributed by atoms with Gasteiger partial charge in [0, 0.05) is 11.1 Å². The van der Waals surface area contributed by atoms with E-state index in [9.17, 15) is 0 Å². The van der Waals surface area contributed by atoms with Crippen LogP contribution in [0.2, 0.25) is 0 Å². The second-order valence-corrected chi connectivity index (χ2v) is 10.7. The van der Waals surface area contributed by atoms with E-state index in [1.54, 1.807) is 0 Å². The minimum absolute atomic E-state index is 0.498. The van der Waals surface area contributed by atoms with Crippen LogP contribution in [-0.2, 0) is 6.42 Å². The average molecular weight is 555 g/mol. The van der Waals surface area contributed by atoms with Crippen molar-refractivity contribution in [2.75, 3.05) is 0 Å². The van der Waals surface area contributed by atoms with E-state index >= 15 is 0 Å². The Bertz CT molecular complexity index is 1900. The lowest BCUT2D eigenvalue weighted by atomic mass is 9.88. The highest BCUT2D eigenvalue weighted by molar-refractivity contribution is 6.01. The van der Waals surface area contributed by atoms with Crippen molar-refractivity contribution in [2.45, 2.75) is 13.3 Å². The van der Waals surface area contributed by atoms with Gasteiger partial charge in [-0.25, -0.2) is 4.99 Å². The van der Waals surface area contributed by atoms with Crippen LogP contribution in [0, 0.1) is 6.92 Å². The molecule has 0 aliphatic carbocycles. The molecule has 2 nitrogen and oxygen atoms in total. The van der Waals surface area contributed by atoms with E-state index in [0.29, 0.717) is 5.84 Å². The summed E-state index contributed by atoms with van der Waals surface area (Å²) in [6, 6.07) is 55.0. The van der Waals surface area contributed by atoms with Crippen molar-refractivity contribution in [3.05, 3.63) is 186 Å². The van der Waals surface area contributed by atoms with Crippen LogP contribution in [0.4, 0.5) is 0 Å². The molecule has 208 valence electrons. The minimum Gasteiger partial charge on any atom is -0.383 e. The Kier molecular flexibility index (Phi) is 8.38. The number of benzene rings is 6. The zero-order valence-electron chi connectivity index (χ0n) is 24.3. The van der Waals surface area contributed by atoms with Crippen molar-refractivity contribution in [2.24, 2.45) is 10.7 Å². The number of allylic oxidation sites excluding steroid dienone is 1. The summed E-state index contributed by atoms with van der Waals surface area (Å²) in [5, 5.41) is 0. The molecule has 0 heterocycles. The number of rotatable bonds is 8. The lowest BCUT2D eigenvalue weighted by Crippen LogP contribution is -2.13. The van der Waals surface area contributed by atoms with Crippen molar-refractivity contribution in [1.29, 1.82) is 0 Å². The fourth-order valence-corrected chi connectivity index (χ4v) is 5.46. The third-order valence-electron chi connectivity index (χ3n) is 7.63. The van der Waals surface area contributed by atoms with Crippen LogP contribution in [0.15, 0.2) is 169 Å². The summed E-state index contributed by atoms with van der Waals surface area (Å²) in [5.41, 5.74) is 18.9. The highest BCUT2D eigenvalue weighted by Gasteiger charge is 2.13. The van der Waals surface area contributed by atoms with Gasteiger partial charge in [-0.2, -0.15) is 0 Å². The number of amidine groups is 1. The number of nitrogens with zero attached hydrogens (tertiary/aromatic N) is 1. The van der Waals surface area contributed by atoms with Crippen LogP contribution in [0.25, 0.3) is 39.1 Å². The zero-order valence-corrected chi connectivity index (χ0v) is 24.3. The molecule has 0 amide bonds. The summed E-state index contributed by atoms with van der Waals surface area (Å²) in [7, 11) is 0. The topological polar surface area (TPSA) is 38.4 Å². The van der Waals surface area contributed by atoms with Gasteiger partial charge in [-0.05, 0) is 58.4 Å². The molecule has 0 aliphatic rings. The van der Waals surface area contributed by atoms with Crippen molar-refractivity contribution < 1.29 is 0 Å². The number of nitrogens with two attached hydrogens (primary N) is 1. The summed E-state index contributed by atoms with van der Waals surface area (Å²) in [5.74, 6) is 0.498. The van der Waals surface area contributed by atoms with Crippen LogP contribution in [0.1, 0.15) is 22.3 Å². The first kappa shape index (κ1) is 27.7. The predicted molar refractivity (Wildman–Crippen MR) is 183 cm³/mol. The smallest absolute Gasteiger partial charge is 0.131 e. The van der Waals surface area contributed by atoms with Gasteiger partial charge in [0.05, 0.1) is 5.70 Å². The van der Waals surface area contributed by atoms with E-state index in [-0.39, 0.29) is 0 Å². The predicted octanol–water partition coefficient (Wildman–Crippen LogP) is 9.99. The molecule has 2 N–H and O–H groups in total. The molecule has 0 fully saturated rings. The van der Waals surface area contributed by atoms with Crippen LogP contribution in [0.5, 0.6) is 0 Å². The van der Waals surface area contributed by atoms with Gasteiger partial charge in [-0.1, -0.05) is 163 Å². The maximum absolute atomic E-state index is 6.54. The molecule has 0 radical (unpaired) electrons. The quantitative estimate of drug-likeness (QED) is 0.148. The molecule has 0 unspecified atom stereocenters. The maximum Gasteiger partial charge on any atom is 0.131 e. The maximum atomic E-state index is 6.54. The third kappa shape index (κ3) is 6.55. The van der Waals surface area contributed by atoms with E-state index in [1.165, 1.54) is 38.9 Å². The van der Waals surface area contributed by atoms with Gasteiger partial charge in [0.2, 0.25) is 0 Å². The summed E-state index contributed by atoms with van der Waals surface area (Å²) >= 11 is 0. The van der Waals surface area contributed by atoms with Gasteiger partial charge < -0.3 is 5.73 Å². The fraction of sp³-hybridized carbons (Fsp3) is 0.0488. The summed E-state index contributed by atoms with van der Waals surface area (Å²) in [6.45, 7) is 2.14. The van der Waals surface area contributed by atoms with Crippen molar-refractivity contribution in [1.82, 2.24) is 0 Å². The zero-order chi connectivity index (χ0) is 29.4.